The normalized spacial score (nSPS) is 35.4. The van der Waals surface area contributed by atoms with Gasteiger partial charge in [-0.15, -0.1) is 0 Å². The first-order chi connectivity index (χ1) is 15.5. The standard InChI is InChI=1S/C25H29N3O4/c1-14-5-4-8-17(13-14)28-21(23(30)27-15-6-2-3-7-15)25-12-11-18(32-25)19(20(25)24(28)31)22(29)26-16-9-10-16/h4-5,8,11-13,15-16,18-21H,2-3,6-7,9-10H2,1H3,(H,26,29)(H,27,30)/t18-,19+,20+,21+,25+/m1/s1. The van der Waals surface area contributed by atoms with Crippen molar-refractivity contribution in [2.75, 3.05) is 4.90 Å². The van der Waals surface area contributed by atoms with Crippen LogP contribution in [0.25, 0.3) is 0 Å². The monoisotopic (exact) mass is 435 g/mol. The second-order valence-electron chi connectivity index (χ2n) is 10.0. The molecule has 2 saturated carbocycles. The Morgan fingerprint density at radius 3 is 2.50 bits per heavy atom. The number of amides is 3. The van der Waals surface area contributed by atoms with Gasteiger partial charge in [0.25, 0.3) is 0 Å². The number of hydrogen-bond donors (Lipinski definition) is 2. The van der Waals surface area contributed by atoms with Crippen molar-refractivity contribution in [3.8, 4) is 0 Å². The predicted octanol–water partition coefficient (Wildman–Crippen LogP) is 1.99. The number of hydrogen-bond acceptors (Lipinski definition) is 4. The molecule has 2 N–H and O–H groups in total. The number of nitrogens with zero attached hydrogens (tertiary/aromatic N) is 1. The second-order valence-corrected chi connectivity index (χ2v) is 10.0. The molecular formula is C25H29N3O4. The van der Waals surface area contributed by atoms with Gasteiger partial charge in [-0.05, 0) is 50.3 Å². The Balaban J connectivity index is 1.40. The first-order valence-electron chi connectivity index (χ1n) is 11.9. The number of carbonyl (C=O) groups excluding carboxylic acids is 3. The van der Waals surface area contributed by atoms with Crippen molar-refractivity contribution in [1.82, 2.24) is 10.6 Å². The van der Waals surface area contributed by atoms with E-state index in [0.717, 1.165) is 44.1 Å². The predicted molar refractivity (Wildman–Crippen MR) is 118 cm³/mol. The van der Waals surface area contributed by atoms with Gasteiger partial charge in [0, 0.05) is 17.8 Å². The van der Waals surface area contributed by atoms with Crippen LogP contribution in [-0.2, 0) is 19.1 Å². The van der Waals surface area contributed by atoms with Crippen LogP contribution in [0.3, 0.4) is 0 Å². The van der Waals surface area contributed by atoms with Crippen molar-refractivity contribution < 1.29 is 19.1 Å². The summed E-state index contributed by atoms with van der Waals surface area (Å²) in [5, 5.41) is 6.24. The van der Waals surface area contributed by atoms with Gasteiger partial charge in [0.1, 0.15) is 11.6 Å². The highest BCUT2D eigenvalue weighted by atomic mass is 16.5. The fourth-order valence-electron chi connectivity index (χ4n) is 6.10. The largest absolute Gasteiger partial charge is 0.359 e. The van der Waals surface area contributed by atoms with Crippen LogP contribution >= 0.6 is 0 Å². The average Bonchev–Trinajstić information content (AvgIpc) is 3.12. The van der Waals surface area contributed by atoms with Crippen LogP contribution in [0.1, 0.15) is 44.1 Å². The van der Waals surface area contributed by atoms with Crippen molar-refractivity contribution in [3.63, 3.8) is 0 Å². The lowest BCUT2D eigenvalue weighted by atomic mass is 9.74. The summed E-state index contributed by atoms with van der Waals surface area (Å²) in [6.07, 6.45) is 9.35. The molecule has 1 aromatic rings. The van der Waals surface area contributed by atoms with Gasteiger partial charge in [-0.3, -0.25) is 19.3 Å². The quantitative estimate of drug-likeness (QED) is 0.693. The first-order valence-corrected chi connectivity index (χ1v) is 11.9. The zero-order valence-corrected chi connectivity index (χ0v) is 18.3. The summed E-state index contributed by atoms with van der Waals surface area (Å²) in [7, 11) is 0. The molecule has 0 aromatic heterocycles. The molecule has 5 aliphatic rings. The van der Waals surface area contributed by atoms with Crippen LogP contribution in [0.5, 0.6) is 0 Å². The van der Waals surface area contributed by atoms with E-state index in [0.29, 0.717) is 5.69 Å². The number of anilines is 1. The van der Waals surface area contributed by atoms with Crippen LogP contribution < -0.4 is 15.5 Å². The van der Waals surface area contributed by atoms with Gasteiger partial charge in [0.15, 0.2) is 0 Å². The molecule has 3 heterocycles. The molecule has 3 aliphatic heterocycles. The van der Waals surface area contributed by atoms with Crippen LogP contribution in [0.15, 0.2) is 36.4 Å². The number of rotatable bonds is 5. The zero-order chi connectivity index (χ0) is 22.0. The number of nitrogens with one attached hydrogen (secondary N) is 2. The summed E-state index contributed by atoms with van der Waals surface area (Å²) in [4.78, 5) is 42.3. The minimum absolute atomic E-state index is 0.129. The highest BCUT2D eigenvalue weighted by Gasteiger charge is 2.73. The molecule has 0 radical (unpaired) electrons. The third-order valence-electron chi connectivity index (χ3n) is 7.73. The van der Waals surface area contributed by atoms with E-state index in [4.69, 9.17) is 4.74 Å². The maximum absolute atomic E-state index is 13.9. The maximum atomic E-state index is 13.9. The first kappa shape index (κ1) is 20.0. The molecule has 2 bridgehead atoms. The van der Waals surface area contributed by atoms with E-state index in [1.54, 1.807) is 4.90 Å². The Bertz CT molecular complexity index is 1010. The fourth-order valence-corrected chi connectivity index (χ4v) is 6.10. The lowest BCUT2D eigenvalue weighted by Crippen LogP contribution is -2.56. The highest BCUT2D eigenvalue weighted by Crippen LogP contribution is 2.56. The number of ether oxygens (including phenoxy) is 1. The lowest BCUT2D eigenvalue weighted by Gasteiger charge is -2.33. The topological polar surface area (TPSA) is 87.7 Å². The van der Waals surface area contributed by atoms with E-state index in [9.17, 15) is 14.4 Å². The summed E-state index contributed by atoms with van der Waals surface area (Å²) in [5.74, 6) is -1.84. The zero-order valence-electron chi connectivity index (χ0n) is 18.3. The summed E-state index contributed by atoms with van der Waals surface area (Å²) < 4.78 is 6.37. The number of carbonyl (C=O) groups is 3. The minimum Gasteiger partial charge on any atom is -0.359 e. The number of fused-ring (bicyclic) bond motifs is 1. The van der Waals surface area contributed by atoms with Crippen molar-refractivity contribution in [1.29, 1.82) is 0 Å². The Morgan fingerprint density at radius 1 is 1.06 bits per heavy atom. The SMILES string of the molecule is Cc1cccc(N2C(=O)[C@@H]3[C@@H](C(=O)NC4CC4)[C@H]4C=C[C@@]3(O4)[C@@H]2C(=O)NC2CCCC2)c1. The smallest absolute Gasteiger partial charge is 0.246 e. The van der Waals surface area contributed by atoms with E-state index in [1.165, 1.54) is 0 Å². The molecule has 4 fully saturated rings. The van der Waals surface area contributed by atoms with Gasteiger partial charge < -0.3 is 15.4 Å². The molecule has 3 amide bonds. The summed E-state index contributed by atoms with van der Waals surface area (Å²) in [6.45, 7) is 1.96. The molecule has 0 unspecified atom stereocenters. The number of aryl methyl sites for hydroxylation is 1. The van der Waals surface area contributed by atoms with Crippen molar-refractivity contribution in [2.45, 2.75) is 75.3 Å². The molecule has 5 atom stereocenters. The van der Waals surface area contributed by atoms with Crippen molar-refractivity contribution in [3.05, 3.63) is 42.0 Å². The van der Waals surface area contributed by atoms with E-state index in [-0.39, 0.29) is 29.8 Å². The van der Waals surface area contributed by atoms with Crippen molar-refractivity contribution in [2.24, 2.45) is 11.8 Å². The van der Waals surface area contributed by atoms with Gasteiger partial charge in [0.05, 0.1) is 17.9 Å². The van der Waals surface area contributed by atoms with Gasteiger partial charge in [0.2, 0.25) is 17.7 Å². The summed E-state index contributed by atoms with van der Waals surface area (Å²) in [5.41, 5.74) is 0.565. The molecule has 1 aromatic carbocycles. The minimum atomic E-state index is -1.11. The molecule has 32 heavy (non-hydrogen) atoms. The molecule has 7 nitrogen and oxygen atoms in total. The molecule has 2 aliphatic carbocycles. The second kappa shape index (κ2) is 7.17. The van der Waals surface area contributed by atoms with Crippen LogP contribution in [0.2, 0.25) is 0 Å². The molecule has 168 valence electrons. The van der Waals surface area contributed by atoms with Gasteiger partial charge in [-0.25, -0.2) is 0 Å². The van der Waals surface area contributed by atoms with Crippen LogP contribution in [0.4, 0.5) is 5.69 Å². The molecule has 1 spiro atoms. The van der Waals surface area contributed by atoms with Crippen LogP contribution in [0, 0.1) is 18.8 Å². The Hall–Kier alpha value is -2.67. The average molecular weight is 436 g/mol. The van der Waals surface area contributed by atoms with Gasteiger partial charge in [-0.2, -0.15) is 0 Å². The lowest BCUT2D eigenvalue weighted by molar-refractivity contribution is -0.132. The molecule has 6 rings (SSSR count). The third-order valence-corrected chi connectivity index (χ3v) is 7.73. The third kappa shape index (κ3) is 2.94. The van der Waals surface area contributed by atoms with E-state index < -0.39 is 29.6 Å². The van der Waals surface area contributed by atoms with E-state index >= 15 is 0 Å². The summed E-state index contributed by atoms with van der Waals surface area (Å²) in [6, 6.07) is 7.12. The Labute approximate surface area is 187 Å². The summed E-state index contributed by atoms with van der Waals surface area (Å²) >= 11 is 0. The Morgan fingerprint density at radius 2 is 1.78 bits per heavy atom. The van der Waals surface area contributed by atoms with E-state index in [2.05, 4.69) is 10.6 Å². The molecule has 2 saturated heterocycles. The van der Waals surface area contributed by atoms with Crippen molar-refractivity contribution >= 4 is 23.4 Å². The highest BCUT2D eigenvalue weighted by molar-refractivity contribution is 6.10. The maximum Gasteiger partial charge on any atom is 0.246 e. The number of benzene rings is 1. The molecular weight excluding hydrogens is 406 g/mol. The molecule has 7 heteroatoms. The van der Waals surface area contributed by atoms with Gasteiger partial charge in [-0.1, -0.05) is 37.1 Å². The van der Waals surface area contributed by atoms with Crippen LogP contribution in [-0.4, -0.2) is 47.6 Å². The van der Waals surface area contributed by atoms with E-state index in [1.807, 2.05) is 43.3 Å². The fraction of sp³-hybridized carbons (Fsp3) is 0.560. The van der Waals surface area contributed by atoms with Gasteiger partial charge >= 0.3 is 0 Å². The Kier molecular flexibility index (Phi) is 4.47.